The van der Waals surface area contributed by atoms with Crippen LogP contribution in [0, 0.1) is 17.5 Å². The Morgan fingerprint density at radius 2 is 1.63 bits per heavy atom. The Bertz CT molecular complexity index is 1000. The van der Waals surface area contributed by atoms with Crippen LogP contribution in [0.2, 0.25) is 0 Å². The van der Waals surface area contributed by atoms with E-state index in [1.54, 1.807) is 6.07 Å². The van der Waals surface area contributed by atoms with Gasteiger partial charge in [-0.3, -0.25) is 0 Å². The Kier molecular flexibility index (Phi) is 5.60. The molecule has 0 bridgehead atoms. The first-order valence-electron chi connectivity index (χ1n) is 8.48. The molecule has 3 aromatic rings. The lowest BCUT2D eigenvalue weighted by molar-refractivity contribution is 0.0720. The molecule has 0 heterocycles. The van der Waals surface area contributed by atoms with E-state index in [1.165, 1.54) is 42.5 Å². The largest absolute Gasteiger partial charge is 0.417 e. The van der Waals surface area contributed by atoms with Gasteiger partial charge in [0, 0.05) is 0 Å². The number of hydrogen-bond acceptors (Lipinski definition) is 2. The first-order chi connectivity index (χ1) is 13.0. The van der Waals surface area contributed by atoms with Crippen molar-refractivity contribution in [1.82, 2.24) is 0 Å². The molecule has 0 fully saturated rings. The molecule has 0 saturated carbocycles. The van der Waals surface area contributed by atoms with Crippen molar-refractivity contribution < 1.29 is 22.7 Å². The molecule has 0 unspecified atom stereocenters. The number of esters is 1. The third-order valence-electron chi connectivity index (χ3n) is 4.13. The zero-order valence-corrected chi connectivity index (χ0v) is 14.6. The van der Waals surface area contributed by atoms with E-state index in [0.717, 1.165) is 0 Å². The monoisotopic (exact) mass is 370 g/mol. The predicted molar refractivity (Wildman–Crippen MR) is 98.4 cm³/mol. The van der Waals surface area contributed by atoms with Crippen molar-refractivity contribution in [3.8, 4) is 5.75 Å². The Hall–Kier alpha value is -3.08. The van der Waals surface area contributed by atoms with Crippen LogP contribution in [0.5, 0.6) is 5.75 Å². The summed E-state index contributed by atoms with van der Waals surface area (Å²) in [6.45, 7) is 1.87. The molecule has 0 aliphatic heterocycles. The van der Waals surface area contributed by atoms with Gasteiger partial charge in [0.25, 0.3) is 0 Å². The van der Waals surface area contributed by atoms with Crippen LogP contribution in [0.3, 0.4) is 0 Å². The molecular weight excluding hydrogens is 353 g/mol. The van der Waals surface area contributed by atoms with Gasteiger partial charge < -0.3 is 4.74 Å². The number of fused-ring (bicyclic) bond motifs is 1. The maximum absolute atomic E-state index is 14.2. The summed E-state index contributed by atoms with van der Waals surface area (Å²) >= 11 is 0. The van der Waals surface area contributed by atoms with Crippen LogP contribution in [-0.4, -0.2) is 5.97 Å². The van der Waals surface area contributed by atoms with E-state index in [4.69, 9.17) is 4.74 Å². The number of allylic oxidation sites excluding steroid dienone is 2. The van der Waals surface area contributed by atoms with Crippen LogP contribution in [-0.2, 0) is 6.42 Å². The summed E-state index contributed by atoms with van der Waals surface area (Å²) in [5.74, 6) is -3.87. The van der Waals surface area contributed by atoms with Gasteiger partial charge in [-0.25, -0.2) is 18.0 Å². The Morgan fingerprint density at radius 3 is 2.33 bits per heavy atom. The molecule has 5 heteroatoms. The minimum Gasteiger partial charge on any atom is -0.417 e. The van der Waals surface area contributed by atoms with Gasteiger partial charge in [0.15, 0.2) is 11.6 Å². The minimum atomic E-state index is -0.929. The Labute approximate surface area is 154 Å². The minimum absolute atomic E-state index is 0.116. The molecule has 2 nitrogen and oxygen atoms in total. The van der Waals surface area contributed by atoms with Gasteiger partial charge in [-0.1, -0.05) is 24.3 Å². The molecule has 0 spiro atoms. The standard InChI is InChI=1S/C22H17F3O2/c1-2-3-4-5-14-10-19(24)21(20(25)11-14)27-22(26)17-7-6-16-13-18(23)9-8-15(16)12-17/h2-3,6-13H,4-5H2,1H3/b3-2+. The number of aryl methyl sites for hydroxylation is 1. The second-order valence-electron chi connectivity index (χ2n) is 6.09. The smallest absolute Gasteiger partial charge is 0.343 e. The maximum Gasteiger partial charge on any atom is 0.343 e. The van der Waals surface area contributed by atoms with Gasteiger partial charge in [-0.2, -0.15) is 0 Å². The Morgan fingerprint density at radius 1 is 0.963 bits per heavy atom. The van der Waals surface area contributed by atoms with E-state index in [-0.39, 0.29) is 5.56 Å². The van der Waals surface area contributed by atoms with E-state index < -0.39 is 29.2 Å². The van der Waals surface area contributed by atoms with Crippen LogP contribution in [0.4, 0.5) is 13.2 Å². The van der Waals surface area contributed by atoms with Crippen LogP contribution in [0.15, 0.2) is 60.7 Å². The second kappa shape index (κ2) is 8.08. The number of benzene rings is 3. The molecule has 0 radical (unpaired) electrons. The summed E-state index contributed by atoms with van der Waals surface area (Å²) < 4.78 is 46.6. The fourth-order valence-electron chi connectivity index (χ4n) is 2.77. The highest BCUT2D eigenvalue weighted by molar-refractivity contribution is 5.96. The van der Waals surface area contributed by atoms with Gasteiger partial charge in [0.05, 0.1) is 5.56 Å². The van der Waals surface area contributed by atoms with Crippen LogP contribution >= 0.6 is 0 Å². The summed E-state index contributed by atoms with van der Waals surface area (Å²) in [6.07, 6.45) is 4.90. The molecule has 0 aliphatic rings. The lowest BCUT2D eigenvalue weighted by atomic mass is 10.1. The van der Waals surface area contributed by atoms with Gasteiger partial charge in [0.1, 0.15) is 5.82 Å². The predicted octanol–water partition coefficient (Wildman–Crippen LogP) is 5.99. The molecule has 3 aromatic carbocycles. The van der Waals surface area contributed by atoms with Crippen molar-refractivity contribution in [2.75, 3.05) is 0 Å². The van der Waals surface area contributed by atoms with E-state index in [1.807, 2.05) is 19.1 Å². The fraction of sp³-hybridized carbons (Fsp3) is 0.136. The highest BCUT2D eigenvalue weighted by Crippen LogP contribution is 2.26. The topological polar surface area (TPSA) is 26.3 Å². The number of hydrogen-bond donors (Lipinski definition) is 0. The van der Waals surface area contributed by atoms with Gasteiger partial charge in [0.2, 0.25) is 5.75 Å². The van der Waals surface area contributed by atoms with Crippen molar-refractivity contribution in [3.05, 3.63) is 89.3 Å². The van der Waals surface area contributed by atoms with Gasteiger partial charge in [-0.15, -0.1) is 0 Å². The number of carbonyl (C=O) groups excluding carboxylic acids is 1. The van der Waals surface area contributed by atoms with Crippen molar-refractivity contribution in [3.63, 3.8) is 0 Å². The maximum atomic E-state index is 14.2. The van der Waals surface area contributed by atoms with E-state index in [0.29, 0.717) is 29.2 Å². The number of carbonyl (C=O) groups is 1. The molecule has 0 aromatic heterocycles. The van der Waals surface area contributed by atoms with Gasteiger partial charge >= 0.3 is 5.97 Å². The Balaban J connectivity index is 1.82. The molecule has 0 amide bonds. The zero-order valence-electron chi connectivity index (χ0n) is 14.6. The first-order valence-corrected chi connectivity index (χ1v) is 8.48. The summed E-state index contributed by atoms with van der Waals surface area (Å²) in [5, 5.41) is 1.22. The third kappa shape index (κ3) is 4.37. The van der Waals surface area contributed by atoms with Crippen LogP contribution in [0.25, 0.3) is 10.8 Å². The lowest BCUT2D eigenvalue weighted by Gasteiger charge is -2.09. The molecular formula is C22H17F3O2. The molecule has 3 rings (SSSR count). The second-order valence-corrected chi connectivity index (χ2v) is 6.09. The van der Waals surface area contributed by atoms with E-state index in [9.17, 15) is 18.0 Å². The summed E-state index contributed by atoms with van der Waals surface area (Å²) in [5.41, 5.74) is 0.598. The van der Waals surface area contributed by atoms with Crippen molar-refractivity contribution >= 4 is 16.7 Å². The number of ether oxygens (including phenoxy) is 1. The number of rotatable bonds is 5. The number of halogens is 3. The summed E-state index contributed by atoms with van der Waals surface area (Å²) in [6, 6.07) is 10.9. The van der Waals surface area contributed by atoms with Crippen molar-refractivity contribution in [2.24, 2.45) is 0 Å². The molecule has 0 atom stereocenters. The van der Waals surface area contributed by atoms with Gasteiger partial charge in [-0.05, 0) is 72.5 Å². The SMILES string of the molecule is C/C=C/CCc1cc(F)c(OC(=O)c2ccc3cc(F)ccc3c2)c(F)c1. The highest BCUT2D eigenvalue weighted by Gasteiger charge is 2.18. The van der Waals surface area contributed by atoms with Crippen molar-refractivity contribution in [2.45, 2.75) is 19.8 Å². The van der Waals surface area contributed by atoms with Crippen LogP contribution < -0.4 is 4.74 Å². The van der Waals surface area contributed by atoms with E-state index >= 15 is 0 Å². The molecule has 138 valence electrons. The first kappa shape index (κ1) is 18.7. The normalized spacial score (nSPS) is 11.3. The zero-order chi connectivity index (χ0) is 19.4. The van der Waals surface area contributed by atoms with E-state index in [2.05, 4.69) is 0 Å². The third-order valence-corrected chi connectivity index (χ3v) is 4.13. The average molecular weight is 370 g/mol. The molecule has 0 N–H and O–H groups in total. The highest BCUT2D eigenvalue weighted by atomic mass is 19.1. The molecule has 27 heavy (non-hydrogen) atoms. The molecule has 0 aliphatic carbocycles. The average Bonchev–Trinajstić information content (AvgIpc) is 2.64. The quantitative estimate of drug-likeness (QED) is 0.313. The summed E-state index contributed by atoms with van der Waals surface area (Å²) in [4.78, 5) is 12.3. The molecule has 0 saturated heterocycles. The lowest BCUT2D eigenvalue weighted by Crippen LogP contribution is -2.11. The van der Waals surface area contributed by atoms with Crippen LogP contribution in [0.1, 0.15) is 29.3 Å². The summed E-state index contributed by atoms with van der Waals surface area (Å²) in [7, 11) is 0. The fourth-order valence-corrected chi connectivity index (χ4v) is 2.77. The van der Waals surface area contributed by atoms with Crippen molar-refractivity contribution in [1.29, 1.82) is 0 Å².